The Morgan fingerprint density at radius 3 is 0.800 bits per heavy atom. The topological polar surface area (TPSA) is 72.8 Å². The van der Waals surface area contributed by atoms with Crippen LogP contribution in [-0.4, -0.2) is 36.4 Å². The first-order valence-corrected chi connectivity index (χ1v) is 25.1. The molecule has 1 N–H and O–H groups in total. The second kappa shape index (κ2) is 47.3. The van der Waals surface area contributed by atoms with Gasteiger partial charge < -0.3 is 14.6 Å². The highest BCUT2D eigenvalue weighted by atomic mass is 16.6. The third kappa shape index (κ3) is 45.5. The Balaban J connectivity index is 3.39. The van der Waals surface area contributed by atoms with Gasteiger partial charge in [-0.1, -0.05) is 264 Å². The molecule has 0 spiro atoms. The zero-order valence-corrected chi connectivity index (χ0v) is 37.5. The molecular weight excluding hydrogens is 681 g/mol. The van der Waals surface area contributed by atoms with E-state index in [1.807, 2.05) is 0 Å². The maximum absolute atomic E-state index is 12.2. The third-order valence-corrected chi connectivity index (χ3v) is 11.7. The van der Waals surface area contributed by atoms with Crippen molar-refractivity contribution in [3.05, 3.63) is 0 Å². The van der Waals surface area contributed by atoms with Gasteiger partial charge in [0.25, 0.3) is 0 Å². The zero-order chi connectivity index (χ0) is 40.0. The lowest BCUT2D eigenvalue weighted by molar-refractivity contribution is -0.161. The number of hydrogen-bond donors (Lipinski definition) is 1. The quantitative estimate of drug-likeness (QED) is 0.0492. The maximum Gasteiger partial charge on any atom is 0.306 e. The second-order valence-electron chi connectivity index (χ2n) is 17.3. The molecule has 55 heavy (non-hydrogen) atoms. The number of aliphatic hydroxyl groups excluding tert-OH is 1. The fraction of sp³-hybridized carbons (Fsp3) is 0.960. The summed E-state index contributed by atoms with van der Waals surface area (Å²) in [5, 5.41) is 9.60. The minimum absolute atomic E-state index is 0.0563. The van der Waals surface area contributed by atoms with E-state index in [9.17, 15) is 14.7 Å². The first-order valence-electron chi connectivity index (χ1n) is 25.1. The van der Waals surface area contributed by atoms with Gasteiger partial charge in [0.2, 0.25) is 0 Å². The summed E-state index contributed by atoms with van der Waals surface area (Å²) in [7, 11) is 0. The molecule has 0 fully saturated rings. The molecule has 0 bridgehead atoms. The predicted octanol–water partition coefficient (Wildman–Crippen LogP) is 16.2. The fourth-order valence-corrected chi connectivity index (χ4v) is 7.85. The van der Waals surface area contributed by atoms with Crippen molar-refractivity contribution in [1.29, 1.82) is 0 Å². The Kier molecular flexibility index (Phi) is 46.3. The number of ether oxygens (including phenoxy) is 2. The Morgan fingerprint density at radius 2 is 0.564 bits per heavy atom. The van der Waals surface area contributed by atoms with Gasteiger partial charge in [0.05, 0.1) is 6.61 Å². The van der Waals surface area contributed by atoms with Gasteiger partial charge in [-0.3, -0.25) is 9.59 Å². The van der Waals surface area contributed by atoms with Crippen LogP contribution in [0, 0.1) is 0 Å². The van der Waals surface area contributed by atoms with Gasteiger partial charge >= 0.3 is 11.9 Å². The summed E-state index contributed by atoms with van der Waals surface area (Å²) in [6.07, 6.45) is 54.9. The standard InChI is InChI=1S/C50H98O5/c1-3-5-7-9-11-13-15-17-19-20-21-22-23-24-25-26-27-28-29-30-31-33-35-37-39-41-43-45-50(53)55-48(46-51)47-54-49(52)44-42-40-38-36-34-32-18-16-14-12-10-8-6-4-2/h48,51H,3-47H2,1-2H3. The average Bonchev–Trinajstić information content (AvgIpc) is 3.19. The number of hydrogen-bond acceptors (Lipinski definition) is 5. The molecule has 0 saturated heterocycles. The molecule has 0 aromatic heterocycles. The summed E-state index contributed by atoms with van der Waals surface area (Å²) >= 11 is 0. The first kappa shape index (κ1) is 53.9. The largest absolute Gasteiger partial charge is 0.462 e. The molecule has 1 atom stereocenters. The smallest absolute Gasteiger partial charge is 0.306 e. The highest BCUT2D eigenvalue weighted by Crippen LogP contribution is 2.17. The summed E-state index contributed by atoms with van der Waals surface area (Å²) in [5.74, 6) is -0.569. The van der Waals surface area contributed by atoms with Gasteiger partial charge in [-0.05, 0) is 12.8 Å². The summed E-state index contributed by atoms with van der Waals surface area (Å²) in [5.41, 5.74) is 0. The number of carbonyl (C=O) groups excluding carboxylic acids is 2. The minimum atomic E-state index is -0.762. The molecule has 0 rings (SSSR count). The number of carbonyl (C=O) groups is 2. The third-order valence-electron chi connectivity index (χ3n) is 11.7. The van der Waals surface area contributed by atoms with Gasteiger partial charge in [0.15, 0.2) is 6.10 Å². The summed E-state index contributed by atoms with van der Waals surface area (Å²) in [6, 6.07) is 0. The normalized spacial score (nSPS) is 12.0. The van der Waals surface area contributed by atoms with E-state index in [1.54, 1.807) is 0 Å². The van der Waals surface area contributed by atoms with Crippen LogP contribution in [0.4, 0.5) is 0 Å². The van der Waals surface area contributed by atoms with Gasteiger partial charge in [-0.15, -0.1) is 0 Å². The molecule has 0 aromatic rings. The summed E-state index contributed by atoms with van der Waals surface area (Å²) in [4.78, 5) is 24.4. The molecule has 0 saturated carbocycles. The lowest BCUT2D eigenvalue weighted by Crippen LogP contribution is -2.28. The molecule has 0 aromatic carbocycles. The van der Waals surface area contributed by atoms with E-state index in [1.165, 1.54) is 231 Å². The first-order chi connectivity index (χ1) is 27.1. The highest BCUT2D eigenvalue weighted by Gasteiger charge is 2.16. The van der Waals surface area contributed by atoms with Crippen LogP contribution in [0.3, 0.4) is 0 Å². The number of aliphatic hydroxyl groups is 1. The summed E-state index contributed by atoms with van der Waals surface area (Å²) < 4.78 is 10.7. The maximum atomic E-state index is 12.2. The molecule has 0 heterocycles. The monoisotopic (exact) mass is 779 g/mol. The van der Waals surface area contributed by atoms with Crippen LogP contribution in [0.25, 0.3) is 0 Å². The van der Waals surface area contributed by atoms with Crippen molar-refractivity contribution < 1.29 is 24.2 Å². The number of rotatable bonds is 47. The van der Waals surface area contributed by atoms with Crippen molar-refractivity contribution in [2.24, 2.45) is 0 Å². The average molecular weight is 779 g/mol. The van der Waals surface area contributed by atoms with Crippen LogP contribution in [0.1, 0.15) is 290 Å². The van der Waals surface area contributed by atoms with E-state index < -0.39 is 6.10 Å². The van der Waals surface area contributed by atoms with Crippen molar-refractivity contribution in [3.8, 4) is 0 Å². The van der Waals surface area contributed by atoms with Gasteiger partial charge in [0.1, 0.15) is 6.61 Å². The van der Waals surface area contributed by atoms with Crippen molar-refractivity contribution in [3.63, 3.8) is 0 Å². The SMILES string of the molecule is CCCCCCCCCCCCCCCCCCCCCCCCCCCCCC(=O)OC(CO)COC(=O)CCCCCCCCCCCCCCCC. The zero-order valence-electron chi connectivity index (χ0n) is 37.5. The highest BCUT2D eigenvalue weighted by molar-refractivity contribution is 5.70. The number of unbranched alkanes of at least 4 members (excludes halogenated alkanes) is 39. The van der Waals surface area contributed by atoms with Crippen LogP contribution in [-0.2, 0) is 19.1 Å². The molecule has 1 unspecified atom stereocenters. The lowest BCUT2D eigenvalue weighted by Gasteiger charge is -2.15. The van der Waals surface area contributed by atoms with E-state index in [2.05, 4.69) is 13.8 Å². The molecule has 0 aliphatic heterocycles. The Labute approximate surface area is 344 Å². The molecule has 0 aliphatic rings. The van der Waals surface area contributed by atoms with E-state index >= 15 is 0 Å². The van der Waals surface area contributed by atoms with Crippen LogP contribution < -0.4 is 0 Å². The molecule has 328 valence electrons. The van der Waals surface area contributed by atoms with Gasteiger partial charge in [-0.2, -0.15) is 0 Å². The lowest BCUT2D eigenvalue weighted by atomic mass is 10.0. The van der Waals surface area contributed by atoms with E-state index in [-0.39, 0.29) is 25.2 Å². The molecule has 5 nitrogen and oxygen atoms in total. The predicted molar refractivity (Wildman–Crippen MR) is 238 cm³/mol. The Morgan fingerprint density at radius 1 is 0.345 bits per heavy atom. The van der Waals surface area contributed by atoms with Crippen molar-refractivity contribution >= 4 is 11.9 Å². The van der Waals surface area contributed by atoms with E-state index in [4.69, 9.17) is 9.47 Å². The Bertz CT molecular complexity index is 754. The molecular formula is C50H98O5. The van der Waals surface area contributed by atoms with Crippen LogP contribution >= 0.6 is 0 Å². The van der Waals surface area contributed by atoms with Crippen molar-refractivity contribution in [1.82, 2.24) is 0 Å². The molecule has 0 amide bonds. The Hall–Kier alpha value is -1.10. The van der Waals surface area contributed by atoms with Crippen LogP contribution in [0.15, 0.2) is 0 Å². The minimum Gasteiger partial charge on any atom is -0.462 e. The van der Waals surface area contributed by atoms with Crippen molar-refractivity contribution in [2.75, 3.05) is 13.2 Å². The van der Waals surface area contributed by atoms with Gasteiger partial charge in [0, 0.05) is 12.8 Å². The fourth-order valence-electron chi connectivity index (χ4n) is 7.85. The van der Waals surface area contributed by atoms with Crippen LogP contribution in [0.2, 0.25) is 0 Å². The summed E-state index contributed by atoms with van der Waals surface area (Å²) in [6.45, 7) is 4.19. The molecule has 0 radical (unpaired) electrons. The van der Waals surface area contributed by atoms with Gasteiger partial charge in [-0.25, -0.2) is 0 Å². The van der Waals surface area contributed by atoms with E-state index in [0.717, 1.165) is 32.1 Å². The molecule has 5 heteroatoms. The molecule has 0 aliphatic carbocycles. The van der Waals surface area contributed by atoms with Crippen LogP contribution in [0.5, 0.6) is 0 Å². The number of esters is 2. The second-order valence-corrected chi connectivity index (χ2v) is 17.3. The van der Waals surface area contributed by atoms with Crippen molar-refractivity contribution in [2.45, 2.75) is 296 Å². The van der Waals surface area contributed by atoms with E-state index in [0.29, 0.717) is 12.8 Å².